The molecule has 2 aromatic rings. The summed E-state index contributed by atoms with van der Waals surface area (Å²) in [5, 5.41) is 10.4. The number of aliphatic hydroxyl groups is 1. The van der Waals surface area contributed by atoms with Gasteiger partial charge in [-0.2, -0.15) is 0 Å². The number of benzene rings is 1. The number of hydrogen-bond acceptors (Lipinski definition) is 3. The smallest absolute Gasteiger partial charge is 0.0919 e. The second-order valence-electron chi connectivity index (χ2n) is 5.43. The fourth-order valence-electron chi connectivity index (χ4n) is 2.38. The zero-order chi connectivity index (χ0) is 14.5. The Labute approximate surface area is 120 Å². The molecule has 0 fully saturated rings. The van der Waals surface area contributed by atoms with Gasteiger partial charge < -0.3 is 5.11 Å². The zero-order valence-electron chi connectivity index (χ0n) is 12.4. The third-order valence-electron chi connectivity index (χ3n) is 3.48. The van der Waals surface area contributed by atoms with Crippen molar-refractivity contribution in [2.45, 2.75) is 26.5 Å². The van der Waals surface area contributed by atoms with E-state index >= 15 is 0 Å². The van der Waals surface area contributed by atoms with E-state index in [1.165, 1.54) is 11.1 Å². The van der Waals surface area contributed by atoms with Gasteiger partial charge in [0.1, 0.15) is 0 Å². The van der Waals surface area contributed by atoms with Crippen LogP contribution in [-0.4, -0.2) is 28.6 Å². The summed E-state index contributed by atoms with van der Waals surface area (Å²) in [7, 11) is 2.02. The molecule has 0 bridgehead atoms. The van der Waals surface area contributed by atoms with E-state index in [4.69, 9.17) is 0 Å². The third kappa shape index (κ3) is 3.89. The van der Waals surface area contributed by atoms with Crippen molar-refractivity contribution in [1.82, 2.24) is 9.88 Å². The van der Waals surface area contributed by atoms with Crippen LogP contribution >= 0.6 is 0 Å². The molecule has 1 heterocycles. The van der Waals surface area contributed by atoms with Gasteiger partial charge in [0.25, 0.3) is 0 Å². The summed E-state index contributed by atoms with van der Waals surface area (Å²) < 4.78 is 0. The molecule has 0 aliphatic rings. The van der Waals surface area contributed by atoms with E-state index in [1.54, 1.807) is 12.4 Å². The van der Waals surface area contributed by atoms with Crippen LogP contribution in [-0.2, 0) is 6.54 Å². The van der Waals surface area contributed by atoms with Crippen molar-refractivity contribution in [2.75, 3.05) is 13.6 Å². The normalized spacial score (nSPS) is 12.7. The fourth-order valence-corrected chi connectivity index (χ4v) is 2.38. The topological polar surface area (TPSA) is 36.4 Å². The molecule has 1 atom stereocenters. The van der Waals surface area contributed by atoms with Gasteiger partial charge in [-0.25, -0.2) is 0 Å². The van der Waals surface area contributed by atoms with Crippen molar-refractivity contribution < 1.29 is 5.11 Å². The molecule has 3 nitrogen and oxygen atoms in total. The SMILES string of the molecule is Cc1ccc(C)c(C(O)CN(C)Cc2ccncc2)c1. The van der Waals surface area contributed by atoms with Crippen LogP contribution in [0.2, 0.25) is 0 Å². The van der Waals surface area contributed by atoms with Gasteiger partial charge in [-0.05, 0) is 49.7 Å². The minimum Gasteiger partial charge on any atom is -0.387 e. The minimum absolute atomic E-state index is 0.457. The van der Waals surface area contributed by atoms with E-state index < -0.39 is 6.10 Å². The van der Waals surface area contributed by atoms with Crippen molar-refractivity contribution >= 4 is 0 Å². The lowest BCUT2D eigenvalue weighted by Crippen LogP contribution is -2.24. The van der Waals surface area contributed by atoms with Gasteiger partial charge in [0.15, 0.2) is 0 Å². The molecule has 106 valence electrons. The Morgan fingerprint density at radius 3 is 2.55 bits per heavy atom. The molecule has 0 saturated heterocycles. The number of rotatable bonds is 5. The van der Waals surface area contributed by atoms with Crippen LogP contribution in [0.1, 0.15) is 28.4 Å². The van der Waals surface area contributed by atoms with Crippen molar-refractivity contribution in [3.8, 4) is 0 Å². The van der Waals surface area contributed by atoms with Crippen LogP contribution in [0.3, 0.4) is 0 Å². The summed E-state index contributed by atoms with van der Waals surface area (Å²) in [4.78, 5) is 6.14. The lowest BCUT2D eigenvalue weighted by Gasteiger charge is -2.22. The Balaban J connectivity index is 2.00. The molecule has 0 saturated carbocycles. The van der Waals surface area contributed by atoms with Crippen molar-refractivity contribution in [1.29, 1.82) is 0 Å². The molecule has 0 amide bonds. The first-order valence-electron chi connectivity index (χ1n) is 6.89. The molecule has 1 aromatic heterocycles. The second kappa shape index (κ2) is 6.64. The van der Waals surface area contributed by atoms with Gasteiger partial charge in [-0.3, -0.25) is 9.88 Å². The van der Waals surface area contributed by atoms with E-state index in [2.05, 4.69) is 35.0 Å². The number of likely N-dealkylation sites (N-methyl/N-ethyl adjacent to an activating group) is 1. The molecular weight excluding hydrogens is 248 g/mol. The average molecular weight is 270 g/mol. The highest BCUT2D eigenvalue weighted by Gasteiger charge is 2.13. The van der Waals surface area contributed by atoms with Crippen LogP contribution < -0.4 is 0 Å². The minimum atomic E-state index is -0.457. The Hall–Kier alpha value is -1.71. The number of pyridine rings is 1. The van der Waals surface area contributed by atoms with E-state index in [-0.39, 0.29) is 0 Å². The summed E-state index contributed by atoms with van der Waals surface area (Å²) in [5.74, 6) is 0. The highest BCUT2D eigenvalue weighted by Crippen LogP contribution is 2.20. The molecule has 0 radical (unpaired) electrons. The summed E-state index contributed by atoms with van der Waals surface area (Å²) in [5.41, 5.74) is 4.55. The first-order chi connectivity index (χ1) is 9.56. The maximum absolute atomic E-state index is 10.4. The molecular formula is C17H22N2O. The largest absolute Gasteiger partial charge is 0.387 e. The maximum Gasteiger partial charge on any atom is 0.0919 e. The van der Waals surface area contributed by atoms with Crippen molar-refractivity contribution in [2.24, 2.45) is 0 Å². The van der Waals surface area contributed by atoms with Crippen LogP contribution in [0.5, 0.6) is 0 Å². The number of nitrogens with zero attached hydrogens (tertiary/aromatic N) is 2. The Bertz CT molecular complexity index is 554. The first-order valence-corrected chi connectivity index (χ1v) is 6.89. The van der Waals surface area contributed by atoms with Gasteiger partial charge >= 0.3 is 0 Å². The van der Waals surface area contributed by atoms with Gasteiger partial charge in [-0.15, -0.1) is 0 Å². The fraction of sp³-hybridized carbons (Fsp3) is 0.353. The van der Waals surface area contributed by atoms with E-state index in [9.17, 15) is 5.11 Å². The second-order valence-corrected chi connectivity index (χ2v) is 5.43. The summed E-state index contributed by atoms with van der Waals surface area (Å²) >= 11 is 0. The molecule has 0 aliphatic heterocycles. The quantitative estimate of drug-likeness (QED) is 0.907. The summed E-state index contributed by atoms with van der Waals surface area (Å²) in [6.07, 6.45) is 3.14. The maximum atomic E-state index is 10.4. The highest BCUT2D eigenvalue weighted by molar-refractivity contribution is 5.32. The Morgan fingerprint density at radius 2 is 1.85 bits per heavy atom. The summed E-state index contributed by atoms with van der Waals surface area (Å²) in [6, 6.07) is 10.2. The number of hydrogen-bond donors (Lipinski definition) is 1. The molecule has 2 rings (SSSR count). The third-order valence-corrected chi connectivity index (χ3v) is 3.48. The van der Waals surface area contributed by atoms with E-state index in [0.29, 0.717) is 6.54 Å². The average Bonchev–Trinajstić information content (AvgIpc) is 2.42. The predicted octanol–water partition coefficient (Wildman–Crippen LogP) is 2.86. The molecule has 3 heteroatoms. The van der Waals surface area contributed by atoms with Gasteiger partial charge in [0.05, 0.1) is 6.10 Å². The molecule has 1 N–H and O–H groups in total. The predicted molar refractivity (Wildman–Crippen MR) is 81.4 cm³/mol. The van der Waals surface area contributed by atoms with E-state index in [0.717, 1.165) is 17.7 Å². The molecule has 20 heavy (non-hydrogen) atoms. The van der Waals surface area contributed by atoms with Gasteiger partial charge in [-0.1, -0.05) is 23.8 Å². The molecule has 0 spiro atoms. The van der Waals surface area contributed by atoms with Gasteiger partial charge in [0, 0.05) is 25.5 Å². The number of aryl methyl sites for hydroxylation is 2. The molecule has 1 aromatic carbocycles. The lowest BCUT2D eigenvalue weighted by atomic mass is 10.0. The highest BCUT2D eigenvalue weighted by atomic mass is 16.3. The Kier molecular flexibility index (Phi) is 4.88. The van der Waals surface area contributed by atoms with E-state index in [1.807, 2.05) is 26.1 Å². The van der Waals surface area contributed by atoms with Crippen molar-refractivity contribution in [3.05, 3.63) is 65.0 Å². The van der Waals surface area contributed by atoms with Crippen molar-refractivity contribution in [3.63, 3.8) is 0 Å². The summed E-state index contributed by atoms with van der Waals surface area (Å²) in [6.45, 7) is 5.52. The monoisotopic (exact) mass is 270 g/mol. The standard InChI is InChI=1S/C17H22N2O/c1-13-4-5-14(2)16(10-13)17(20)12-19(3)11-15-6-8-18-9-7-15/h4-10,17,20H,11-12H2,1-3H3. The molecule has 0 aliphatic carbocycles. The van der Waals surface area contributed by atoms with Crippen LogP contribution in [0, 0.1) is 13.8 Å². The van der Waals surface area contributed by atoms with Gasteiger partial charge in [0.2, 0.25) is 0 Å². The number of aliphatic hydroxyl groups excluding tert-OH is 1. The van der Waals surface area contributed by atoms with Crippen LogP contribution in [0.4, 0.5) is 0 Å². The van der Waals surface area contributed by atoms with Crippen LogP contribution in [0.25, 0.3) is 0 Å². The van der Waals surface area contributed by atoms with Crippen LogP contribution in [0.15, 0.2) is 42.7 Å². The first kappa shape index (κ1) is 14.7. The number of aromatic nitrogens is 1. The Morgan fingerprint density at radius 1 is 1.15 bits per heavy atom. The molecule has 1 unspecified atom stereocenters. The zero-order valence-corrected chi connectivity index (χ0v) is 12.4. The lowest BCUT2D eigenvalue weighted by molar-refractivity contribution is 0.123.